The molecular weight excluding hydrogens is 264 g/mol. The Kier molecular flexibility index (Phi) is 5.34. The summed E-state index contributed by atoms with van der Waals surface area (Å²) in [5, 5.41) is 10.8. The van der Waals surface area contributed by atoms with Crippen molar-refractivity contribution in [2.75, 3.05) is 0 Å². The molecule has 2 aliphatic carbocycles. The van der Waals surface area contributed by atoms with E-state index in [1.165, 1.54) is 0 Å². The first-order valence-corrected chi connectivity index (χ1v) is 8.81. The lowest BCUT2D eigenvalue weighted by Gasteiger charge is -2.32. The lowest BCUT2D eigenvalue weighted by Crippen LogP contribution is -2.34. The minimum absolute atomic E-state index is 0.0540. The van der Waals surface area contributed by atoms with Gasteiger partial charge >= 0.3 is 5.97 Å². The Hall–Kier alpha value is -0.570. The molecule has 2 unspecified atom stereocenters. The number of rotatable bonds is 4. The summed E-state index contributed by atoms with van der Waals surface area (Å²) in [5.41, 5.74) is -0.809. The van der Waals surface area contributed by atoms with Crippen LogP contribution in [0.3, 0.4) is 0 Å². The van der Waals surface area contributed by atoms with Gasteiger partial charge in [0.05, 0.1) is 11.0 Å². The van der Waals surface area contributed by atoms with E-state index in [2.05, 4.69) is 0 Å². The first kappa shape index (κ1) is 16.8. The first-order chi connectivity index (χ1) is 9.87. The van der Waals surface area contributed by atoms with Gasteiger partial charge in [-0.25, -0.2) is 0 Å². The Morgan fingerprint density at radius 3 is 2.43 bits per heavy atom. The maximum Gasteiger partial charge on any atom is 0.311 e. The number of carbonyl (C=O) groups excluding carboxylic acids is 1. The van der Waals surface area contributed by atoms with E-state index >= 15 is 0 Å². The van der Waals surface area contributed by atoms with Gasteiger partial charge in [-0.1, -0.05) is 19.8 Å². The van der Waals surface area contributed by atoms with Gasteiger partial charge in [-0.05, 0) is 71.1 Å². The molecule has 0 aromatic carbocycles. The maximum absolute atomic E-state index is 12.2. The molecule has 2 atom stereocenters. The molecule has 0 spiro atoms. The largest absolute Gasteiger partial charge is 0.462 e. The van der Waals surface area contributed by atoms with Crippen LogP contribution in [0.4, 0.5) is 0 Å². The van der Waals surface area contributed by atoms with Crippen LogP contribution in [0.15, 0.2) is 0 Å². The van der Waals surface area contributed by atoms with E-state index in [4.69, 9.17) is 4.74 Å². The van der Waals surface area contributed by atoms with Gasteiger partial charge in [0.15, 0.2) is 0 Å². The summed E-state index contributed by atoms with van der Waals surface area (Å²) < 4.78 is 5.75. The van der Waals surface area contributed by atoms with E-state index < -0.39 is 5.60 Å². The number of carbonyl (C=O) groups is 1. The van der Waals surface area contributed by atoms with Crippen LogP contribution < -0.4 is 0 Å². The number of hydrogen-bond acceptors (Lipinski definition) is 3. The molecule has 122 valence electrons. The second kappa shape index (κ2) is 6.68. The quantitative estimate of drug-likeness (QED) is 0.624. The molecule has 2 rings (SSSR count). The van der Waals surface area contributed by atoms with Crippen LogP contribution in [0, 0.1) is 11.3 Å². The zero-order valence-corrected chi connectivity index (χ0v) is 14.0. The number of esters is 1. The highest BCUT2D eigenvalue weighted by Crippen LogP contribution is 2.42. The molecular formula is C18H32O3. The fourth-order valence-electron chi connectivity index (χ4n) is 3.77. The lowest BCUT2D eigenvalue weighted by atomic mass is 9.81. The Morgan fingerprint density at radius 1 is 1.14 bits per heavy atom. The Balaban J connectivity index is 1.88. The molecule has 3 nitrogen and oxygen atoms in total. The van der Waals surface area contributed by atoms with Crippen molar-refractivity contribution in [3.05, 3.63) is 0 Å². The molecule has 0 saturated heterocycles. The van der Waals surface area contributed by atoms with Crippen molar-refractivity contribution in [1.82, 2.24) is 0 Å². The topological polar surface area (TPSA) is 46.5 Å². The zero-order chi connectivity index (χ0) is 15.5. The Labute approximate surface area is 129 Å². The fourth-order valence-corrected chi connectivity index (χ4v) is 3.77. The van der Waals surface area contributed by atoms with Crippen LogP contribution in [-0.4, -0.2) is 22.8 Å². The van der Waals surface area contributed by atoms with Crippen LogP contribution >= 0.6 is 0 Å². The van der Waals surface area contributed by atoms with E-state index in [1.807, 2.05) is 20.8 Å². The molecule has 0 bridgehead atoms. The molecule has 2 saturated carbocycles. The second-order valence-electron chi connectivity index (χ2n) is 7.78. The van der Waals surface area contributed by atoms with Gasteiger partial charge in [0.25, 0.3) is 0 Å². The Morgan fingerprint density at radius 2 is 1.81 bits per heavy atom. The van der Waals surface area contributed by atoms with Crippen molar-refractivity contribution in [3.8, 4) is 0 Å². The van der Waals surface area contributed by atoms with Gasteiger partial charge in [0, 0.05) is 0 Å². The third-order valence-corrected chi connectivity index (χ3v) is 5.86. The molecule has 0 radical (unpaired) electrons. The van der Waals surface area contributed by atoms with Gasteiger partial charge < -0.3 is 9.84 Å². The lowest BCUT2D eigenvalue weighted by molar-refractivity contribution is -0.160. The summed E-state index contributed by atoms with van der Waals surface area (Å²) in [6.07, 6.45) is 10.1. The molecule has 0 heterocycles. The van der Waals surface area contributed by atoms with Crippen LogP contribution in [0.25, 0.3) is 0 Å². The third kappa shape index (κ3) is 4.00. The van der Waals surface area contributed by atoms with Crippen LogP contribution in [-0.2, 0) is 9.53 Å². The SMILES string of the molecule is CCC(C)(C)C(=O)OC1CCCC(C2(O)CCCC2)CC1. The summed E-state index contributed by atoms with van der Waals surface area (Å²) >= 11 is 0. The van der Waals surface area contributed by atoms with Crippen LogP contribution in [0.5, 0.6) is 0 Å². The summed E-state index contributed by atoms with van der Waals surface area (Å²) in [7, 11) is 0. The van der Waals surface area contributed by atoms with Crippen molar-refractivity contribution in [2.45, 2.75) is 96.7 Å². The zero-order valence-electron chi connectivity index (χ0n) is 14.0. The average Bonchev–Trinajstić information content (AvgIpc) is 2.75. The van der Waals surface area contributed by atoms with Crippen molar-refractivity contribution in [3.63, 3.8) is 0 Å². The van der Waals surface area contributed by atoms with Gasteiger partial charge in [-0.3, -0.25) is 4.79 Å². The fraction of sp³-hybridized carbons (Fsp3) is 0.944. The van der Waals surface area contributed by atoms with Crippen molar-refractivity contribution in [1.29, 1.82) is 0 Å². The Bertz CT molecular complexity index is 355. The van der Waals surface area contributed by atoms with Gasteiger partial charge in [0.1, 0.15) is 6.10 Å². The van der Waals surface area contributed by atoms with Crippen molar-refractivity contribution >= 4 is 5.97 Å². The number of aliphatic hydroxyl groups is 1. The minimum Gasteiger partial charge on any atom is -0.462 e. The van der Waals surface area contributed by atoms with Gasteiger partial charge in [-0.2, -0.15) is 0 Å². The predicted octanol–water partition coefficient (Wildman–Crippen LogP) is 4.22. The number of hydrogen-bond donors (Lipinski definition) is 1. The van der Waals surface area contributed by atoms with Crippen molar-refractivity contribution in [2.24, 2.45) is 11.3 Å². The smallest absolute Gasteiger partial charge is 0.311 e. The molecule has 1 N–H and O–H groups in total. The van der Waals surface area contributed by atoms with Crippen molar-refractivity contribution < 1.29 is 14.6 Å². The third-order valence-electron chi connectivity index (χ3n) is 5.86. The van der Waals surface area contributed by atoms with E-state index in [0.717, 1.165) is 64.2 Å². The molecule has 0 aliphatic heterocycles. The summed E-state index contributed by atoms with van der Waals surface area (Å²) in [4.78, 5) is 12.2. The van der Waals surface area contributed by atoms with Crippen LogP contribution in [0.2, 0.25) is 0 Å². The molecule has 0 aromatic heterocycles. The van der Waals surface area contributed by atoms with Crippen LogP contribution in [0.1, 0.15) is 85.0 Å². The van der Waals surface area contributed by atoms with E-state index in [0.29, 0.717) is 5.92 Å². The predicted molar refractivity (Wildman–Crippen MR) is 83.9 cm³/mol. The van der Waals surface area contributed by atoms with E-state index in [-0.39, 0.29) is 17.5 Å². The van der Waals surface area contributed by atoms with Gasteiger partial charge in [-0.15, -0.1) is 0 Å². The molecule has 2 fully saturated rings. The highest BCUT2D eigenvalue weighted by molar-refractivity contribution is 5.75. The van der Waals surface area contributed by atoms with E-state index in [1.54, 1.807) is 0 Å². The average molecular weight is 296 g/mol. The minimum atomic E-state index is -0.429. The summed E-state index contributed by atoms with van der Waals surface area (Å²) in [6, 6.07) is 0. The normalized spacial score (nSPS) is 29.9. The maximum atomic E-state index is 12.2. The molecule has 0 aromatic rings. The molecule has 3 heteroatoms. The highest BCUT2D eigenvalue weighted by Gasteiger charge is 2.40. The van der Waals surface area contributed by atoms with E-state index in [9.17, 15) is 9.90 Å². The summed E-state index contributed by atoms with van der Waals surface area (Å²) in [6.45, 7) is 5.94. The molecule has 0 amide bonds. The highest BCUT2D eigenvalue weighted by atomic mass is 16.5. The molecule has 2 aliphatic rings. The standard InChI is InChI=1S/C18H32O3/c1-4-17(2,3)16(19)21-15-9-7-8-14(10-11-15)18(20)12-5-6-13-18/h14-15,20H,4-13H2,1-3H3. The first-order valence-electron chi connectivity index (χ1n) is 8.81. The number of ether oxygens (including phenoxy) is 1. The molecule has 21 heavy (non-hydrogen) atoms. The van der Waals surface area contributed by atoms with Gasteiger partial charge in [0.2, 0.25) is 0 Å². The monoisotopic (exact) mass is 296 g/mol. The second-order valence-corrected chi connectivity index (χ2v) is 7.78. The summed E-state index contributed by atoms with van der Waals surface area (Å²) in [5.74, 6) is 0.343.